The number of nitrogens with zero attached hydrogens (tertiary/aromatic N) is 1. The molecule has 0 atom stereocenters. The van der Waals surface area contributed by atoms with Gasteiger partial charge in [-0.25, -0.2) is 0 Å². The third kappa shape index (κ3) is 9.00. The average molecular weight is 313 g/mol. The summed E-state index contributed by atoms with van der Waals surface area (Å²) >= 11 is 0. The lowest BCUT2D eigenvalue weighted by Crippen LogP contribution is -2.45. The Morgan fingerprint density at radius 1 is 0.909 bits per heavy atom. The molecule has 128 valence electrons. The summed E-state index contributed by atoms with van der Waals surface area (Å²) in [4.78, 5) is 25.4. The van der Waals surface area contributed by atoms with E-state index in [-0.39, 0.29) is 0 Å². The molecule has 2 N–H and O–H groups in total. The van der Waals surface area contributed by atoms with Crippen LogP contribution in [0.1, 0.15) is 45.4 Å². The predicted molar refractivity (Wildman–Crippen MR) is 86.7 cm³/mol. The largest absolute Gasteiger partial charge is 0.379 e. The summed E-state index contributed by atoms with van der Waals surface area (Å²) in [6, 6.07) is 0. The molecule has 0 aromatic heterocycles. The number of unbranched alkanes of at least 4 members (excludes halogenated alkanes) is 5. The lowest BCUT2D eigenvalue weighted by atomic mass is 10.1. The minimum Gasteiger partial charge on any atom is -0.379 e. The summed E-state index contributed by atoms with van der Waals surface area (Å²) in [5.74, 6) is -1.05. The molecule has 1 rings (SSSR count). The molecule has 0 aromatic carbocycles. The molecular weight excluding hydrogens is 282 g/mol. The maximum Gasteiger partial charge on any atom is 0.309 e. The number of hydrogen-bond acceptors (Lipinski definition) is 4. The summed E-state index contributed by atoms with van der Waals surface area (Å²) in [7, 11) is 0. The zero-order chi connectivity index (χ0) is 16.0. The Kier molecular flexibility index (Phi) is 10.7. The van der Waals surface area contributed by atoms with Gasteiger partial charge in [-0.1, -0.05) is 39.0 Å². The minimum atomic E-state index is -0.528. The van der Waals surface area contributed by atoms with Crippen LogP contribution in [0.4, 0.5) is 0 Å². The summed E-state index contributed by atoms with van der Waals surface area (Å²) in [5, 5.41) is 5.34. The normalized spacial score (nSPS) is 15.5. The second kappa shape index (κ2) is 12.4. The fraction of sp³-hybridized carbons (Fsp3) is 0.875. The molecule has 1 saturated heterocycles. The van der Waals surface area contributed by atoms with Crippen molar-refractivity contribution >= 4 is 11.8 Å². The maximum absolute atomic E-state index is 11.6. The van der Waals surface area contributed by atoms with Crippen LogP contribution in [0.15, 0.2) is 0 Å². The number of nitrogens with one attached hydrogen (secondary N) is 2. The molecule has 0 aromatic rings. The highest BCUT2D eigenvalue weighted by atomic mass is 16.5. The number of carbonyl (C=O) groups is 2. The van der Waals surface area contributed by atoms with E-state index >= 15 is 0 Å². The molecule has 1 aliphatic heterocycles. The third-order valence-corrected chi connectivity index (χ3v) is 3.84. The Balaban J connectivity index is 1.96. The van der Waals surface area contributed by atoms with Gasteiger partial charge in [-0.15, -0.1) is 0 Å². The van der Waals surface area contributed by atoms with Crippen molar-refractivity contribution in [1.82, 2.24) is 15.5 Å². The highest BCUT2D eigenvalue weighted by molar-refractivity contribution is 6.35. The topological polar surface area (TPSA) is 70.7 Å². The Hall–Kier alpha value is -1.14. The van der Waals surface area contributed by atoms with Gasteiger partial charge in [0.15, 0.2) is 0 Å². The van der Waals surface area contributed by atoms with Crippen LogP contribution in [0, 0.1) is 0 Å². The van der Waals surface area contributed by atoms with E-state index < -0.39 is 11.8 Å². The quantitative estimate of drug-likeness (QED) is 0.465. The van der Waals surface area contributed by atoms with Crippen molar-refractivity contribution in [1.29, 1.82) is 0 Å². The van der Waals surface area contributed by atoms with Gasteiger partial charge in [0.05, 0.1) is 13.2 Å². The standard InChI is InChI=1S/C16H31N3O3/c1-2-3-4-5-6-7-8-17-15(20)16(21)18-9-10-19-11-13-22-14-12-19/h2-14H2,1H3,(H,17,20)(H,18,21). The lowest BCUT2D eigenvalue weighted by Gasteiger charge is -2.26. The summed E-state index contributed by atoms with van der Waals surface area (Å²) < 4.78 is 5.26. The fourth-order valence-electron chi connectivity index (χ4n) is 2.42. The summed E-state index contributed by atoms with van der Waals surface area (Å²) in [6.07, 6.45) is 7.02. The number of hydrogen-bond donors (Lipinski definition) is 2. The molecule has 6 nitrogen and oxygen atoms in total. The van der Waals surface area contributed by atoms with Gasteiger partial charge in [0.1, 0.15) is 0 Å². The Bertz CT molecular complexity index is 318. The lowest BCUT2D eigenvalue weighted by molar-refractivity contribution is -0.139. The van der Waals surface area contributed by atoms with Crippen LogP contribution in [0.5, 0.6) is 0 Å². The molecule has 0 radical (unpaired) electrons. The van der Waals surface area contributed by atoms with E-state index in [0.717, 1.165) is 45.7 Å². The second-order valence-electron chi connectivity index (χ2n) is 5.73. The molecule has 0 aliphatic carbocycles. The van der Waals surface area contributed by atoms with Gasteiger partial charge in [-0.2, -0.15) is 0 Å². The first kappa shape index (κ1) is 18.9. The van der Waals surface area contributed by atoms with Gasteiger partial charge in [0.25, 0.3) is 0 Å². The summed E-state index contributed by atoms with van der Waals surface area (Å²) in [6.45, 7) is 7.31. The Morgan fingerprint density at radius 3 is 2.18 bits per heavy atom. The first-order chi connectivity index (χ1) is 10.7. The number of morpholine rings is 1. The van der Waals surface area contributed by atoms with Crippen molar-refractivity contribution in [2.45, 2.75) is 45.4 Å². The molecular formula is C16H31N3O3. The molecule has 1 aliphatic rings. The van der Waals surface area contributed by atoms with E-state index in [9.17, 15) is 9.59 Å². The minimum absolute atomic E-state index is 0.503. The van der Waals surface area contributed by atoms with Crippen molar-refractivity contribution in [2.75, 3.05) is 45.9 Å². The van der Waals surface area contributed by atoms with E-state index in [4.69, 9.17) is 4.74 Å². The second-order valence-corrected chi connectivity index (χ2v) is 5.73. The van der Waals surface area contributed by atoms with Gasteiger partial charge in [-0.3, -0.25) is 14.5 Å². The van der Waals surface area contributed by atoms with E-state index in [0.29, 0.717) is 13.1 Å². The van der Waals surface area contributed by atoms with Crippen molar-refractivity contribution in [3.05, 3.63) is 0 Å². The zero-order valence-corrected chi connectivity index (χ0v) is 13.9. The molecule has 0 spiro atoms. The van der Waals surface area contributed by atoms with Crippen molar-refractivity contribution in [3.8, 4) is 0 Å². The molecule has 1 heterocycles. The van der Waals surface area contributed by atoms with Crippen molar-refractivity contribution in [2.24, 2.45) is 0 Å². The van der Waals surface area contributed by atoms with E-state index in [1.165, 1.54) is 25.7 Å². The van der Waals surface area contributed by atoms with Gasteiger partial charge in [0.2, 0.25) is 0 Å². The smallest absolute Gasteiger partial charge is 0.309 e. The first-order valence-electron chi connectivity index (χ1n) is 8.60. The molecule has 2 amide bonds. The van der Waals surface area contributed by atoms with Gasteiger partial charge in [0, 0.05) is 32.7 Å². The zero-order valence-electron chi connectivity index (χ0n) is 13.9. The van der Waals surface area contributed by atoms with Crippen LogP contribution in [-0.4, -0.2) is 62.7 Å². The third-order valence-electron chi connectivity index (χ3n) is 3.84. The number of ether oxygens (including phenoxy) is 1. The Morgan fingerprint density at radius 2 is 1.50 bits per heavy atom. The molecule has 0 saturated carbocycles. The molecule has 0 unspecified atom stereocenters. The van der Waals surface area contributed by atoms with E-state index in [2.05, 4.69) is 22.5 Å². The average Bonchev–Trinajstić information content (AvgIpc) is 2.54. The van der Waals surface area contributed by atoms with E-state index in [1.54, 1.807) is 0 Å². The SMILES string of the molecule is CCCCCCCCNC(=O)C(=O)NCCN1CCOCC1. The van der Waals surface area contributed by atoms with Crippen LogP contribution in [0.2, 0.25) is 0 Å². The Labute approximate surface area is 134 Å². The van der Waals surface area contributed by atoms with Crippen LogP contribution < -0.4 is 10.6 Å². The number of carbonyl (C=O) groups excluding carboxylic acids is 2. The van der Waals surface area contributed by atoms with Crippen LogP contribution >= 0.6 is 0 Å². The van der Waals surface area contributed by atoms with E-state index in [1.807, 2.05) is 0 Å². The number of amides is 2. The first-order valence-corrected chi connectivity index (χ1v) is 8.60. The van der Waals surface area contributed by atoms with Gasteiger partial charge >= 0.3 is 11.8 Å². The monoisotopic (exact) mass is 313 g/mol. The fourth-order valence-corrected chi connectivity index (χ4v) is 2.42. The molecule has 22 heavy (non-hydrogen) atoms. The summed E-state index contributed by atoms with van der Waals surface area (Å²) in [5.41, 5.74) is 0. The maximum atomic E-state index is 11.6. The van der Waals surface area contributed by atoms with Crippen molar-refractivity contribution < 1.29 is 14.3 Å². The molecule has 6 heteroatoms. The highest BCUT2D eigenvalue weighted by Gasteiger charge is 2.14. The van der Waals surface area contributed by atoms with Crippen LogP contribution in [0.3, 0.4) is 0 Å². The highest BCUT2D eigenvalue weighted by Crippen LogP contribution is 2.03. The van der Waals surface area contributed by atoms with Gasteiger partial charge in [-0.05, 0) is 6.42 Å². The van der Waals surface area contributed by atoms with Crippen molar-refractivity contribution in [3.63, 3.8) is 0 Å². The van der Waals surface area contributed by atoms with Crippen LogP contribution in [0.25, 0.3) is 0 Å². The van der Waals surface area contributed by atoms with Gasteiger partial charge < -0.3 is 15.4 Å². The molecule has 0 bridgehead atoms. The molecule has 1 fully saturated rings. The number of rotatable bonds is 10. The van der Waals surface area contributed by atoms with Crippen LogP contribution in [-0.2, 0) is 14.3 Å². The predicted octanol–water partition coefficient (Wildman–Crippen LogP) is 0.912.